The Bertz CT molecular complexity index is 904. The van der Waals surface area contributed by atoms with Crippen molar-refractivity contribution in [3.8, 4) is 0 Å². The lowest BCUT2D eigenvalue weighted by Crippen LogP contribution is -2.49. The number of rotatable bonds is 7. The van der Waals surface area contributed by atoms with Crippen LogP contribution in [0.15, 0.2) is 48.5 Å². The molecule has 7 heteroatoms. The molecule has 4 nitrogen and oxygen atoms in total. The lowest BCUT2D eigenvalue weighted by molar-refractivity contribution is -0.140. The first kappa shape index (κ1) is 23.9. The van der Waals surface area contributed by atoms with Crippen LogP contribution in [0, 0.1) is 5.92 Å². The molecule has 3 atom stereocenters. The van der Waals surface area contributed by atoms with Crippen LogP contribution in [-0.4, -0.2) is 28.6 Å². The van der Waals surface area contributed by atoms with Gasteiger partial charge in [0, 0.05) is 28.2 Å². The summed E-state index contributed by atoms with van der Waals surface area (Å²) in [5.74, 6) is -0.424. The zero-order chi connectivity index (χ0) is 22.4. The fraction of sp³-hybridized carbons (Fsp3) is 0.417. The Hall–Kier alpha value is -1.75. The molecule has 3 rings (SSSR count). The zero-order valence-electron chi connectivity index (χ0n) is 17.5. The molecular weight excluding hydrogens is 455 g/mol. The number of carbonyl (C=O) groups excluding carboxylic acids is 2. The van der Waals surface area contributed by atoms with E-state index in [0.717, 1.165) is 24.8 Å². The van der Waals surface area contributed by atoms with Crippen molar-refractivity contribution in [1.29, 1.82) is 0 Å². The van der Waals surface area contributed by atoms with Crippen molar-refractivity contribution in [2.45, 2.75) is 51.2 Å². The SMILES string of the molecule is CC1CCCCC1NC(=O)C(c1ccccc1Cl)N(Cc1ccc(Cl)cc1)C(=O)CCl. The summed E-state index contributed by atoms with van der Waals surface area (Å²) in [4.78, 5) is 28.0. The molecule has 1 aliphatic rings. The lowest BCUT2D eigenvalue weighted by Gasteiger charge is -2.35. The minimum atomic E-state index is -0.884. The molecule has 0 bridgehead atoms. The van der Waals surface area contributed by atoms with Gasteiger partial charge in [0.25, 0.3) is 0 Å². The first-order chi connectivity index (χ1) is 14.9. The average Bonchev–Trinajstić information content (AvgIpc) is 2.77. The molecule has 2 aromatic rings. The third-order valence-corrected chi connectivity index (χ3v) is 6.72. The van der Waals surface area contributed by atoms with Crippen LogP contribution < -0.4 is 5.32 Å². The molecule has 2 amide bonds. The predicted molar refractivity (Wildman–Crippen MR) is 126 cm³/mol. The van der Waals surface area contributed by atoms with E-state index >= 15 is 0 Å². The Balaban J connectivity index is 1.97. The Morgan fingerprint density at radius 2 is 1.74 bits per heavy atom. The van der Waals surface area contributed by atoms with Crippen LogP contribution >= 0.6 is 34.8 Å². The van der Waals surface area contributed by atoms with Crippen molar-refractivity contribution in [1.82, 2.24) is 10.2 Å². The summed E-state index contributed by atoms with van der Waals surface area (Å²) in [6, 6.07) is 13.5. The van der Waals surface area contributed by atoms with E-state index in [0.29, 0.717) is 21.5 Å². The number of alkyl halides is 1. The molecule has 31 heavy (non-hydrogen) atoms. The minimum Gasteiger partial charge on any atom is -0.351 e. The van der Waals surface area contributed by atoms with Gasteiger partial charge >= 0.3 is 0 Å². The summed E-state index contributed by atoms with van der Waals surface area (Å²) in [5, 5.41) is 4.23. The van der Waals surface area contributed by atoms with Gasteiger partial charge in [-0.05, 0) is 42.5 Å². The molecule has 1 aliphatic carbocycles. The zero-order valence-corrected chi connectivity index (χ0v) is 19.8. The predicted octanol–water partition coefficient (Wildman–Crippen LogP) is 6.00. The van der Waals surface area contributed by atoms with Gasteiger partial charge in [-0.25, -0.2) is 0 Å². The second-order valence-electron chi connectivity index (χ2n) is 8.08. The van der Waals surface area contributed by atoms with Gasteiger partial charge in [-0.3, -0.25) is 9.59 Å². The van der Waals surface area contributed by atoms with Crippen LogP contribution in [0.4, 0.5) is 0 Å². The standard InChI is InChI=1S/C24H27Cl3N2O2/c1-16-6-2-5-9-21(16)28-24(31)23(19-7-3-4-8-20(19)27)29(22(30)14-25)15-17-10-12-18(26)13-11-17/h3-4,7-8,10-13,16,21,23H,2,5-6,9,14-15H2,1H3,(H,28,31). The number of benzene rings is 2. The monoisotopic (exact) mass is 480 g/mol. The Kier molecular flexibility index (Phi) is 8.65. The smallest absolute Gasteiger partial charge is 0.247 e. The molecule has 0 heterocycles. The van der Waals surface area contributed by atoms with Gasteiger partial charge in [-0.1, -0.05) is 73.3 Å². The van der Waals surface area contributed by atoms with Crippen molar-refractivity contribution in [3.63, 3.8) is 0 Å². The summed E-state index contributed by atoms with van der Waals surface area (Å²) in [5.41, 5.74) is 1.43. The third-order valence-electron chi connectivity index (χ3n) is 5.90. The van der Waals surface area contributed by atoms with E-state index in [1.165, 1.54) is 11.3 Å². The number of hydrogen-bond acceptors (Lipinski definition) is 2. The molecule has 1 saturated carbocycles. The van der Waals surface area contributed by atoms with Gasteiger partial charge in [-0.2, -0.15) is 0 Å². The van der Waals surface area contributed by atoms with Gasteiger partial charge in [0.05, 0.1) is 0 Å². The third kappa shape index (κ3) is 6.15. The number of amides is 2. The maximum Gasteiger partial charge on any atom is 0.247 e. The van der Waals surface area contributed by atoms with Gasteiger partial charge in [-0.15, -0.1) is 11.6 Å². The number of nitrogens with one attached hydrogen (secondary N) is 1. The van der Waals surface area contributed by atoms with E-state index in [2.05, 4.69) is 12.2 Å². The molecule has 0 aromatic heterocycles. The van der Waals surface area contributed by atoms with Gasteiger partial charge < -0.3 is 10.2 Å². The van der Waals surface area contributed by atoms with Crippen LogP contribution in [0.2, 0.25) is 10.0 Å². The second kappa shape index (κ2) is 11.2. The largest absolute Gasteiger partial charge is 0.351 e. The van der Waals surface area contributed by atoms with Crippen molar-refractivity contribution in [2.75, 3.05) is 5.88 Å². The summed E-state index contributed by atoms with van der Waals surface area (Å²) < 4.78 is 0. The van der Waals surface area contributed by atoms with Crippen LogP contribution in [0.3, 0.4) is 0 Å². The molecule has 1 N–H and O–H groups in total. The molecule has 0 aliphatic heterocycles. The van der Waals surface area contributed by atoms with Gasteiger partial charge in [0.1, 0.15) is 11.9 Å². The first-order valence-corrected chi connectivity index (χ1v) is 11.8. The van der Waals surface area contributed by atoms with E-state index in [1.54, 1.807) is 30.3 Å². The Labute approximate surface area is 198 Å². The molecule has 0 radical (unpaired) electrons. The first-order valence-electron chi connectivity index (χ1n) is 10.6. The summed E-state index contributed by atoms with van der Waals surface area (Å²) >= 11 is 18.4. The summed E-state index contributed by atoms with van der Waals surface area (Å²) in [6.45, 7) is 2.37. The Morgan fingerprint density at radius 3 is 2.39 bits per heavy atom. The highest BCUT2D eigenvalue weighted by molar-refractivity contribution is 6.32. The van der Waals surface area contributed by atoms with Crippen LogP contribution in [-0.2, 0) is 16.1 Å². The second-order valence-corrected chi connectivity index (χ2v) is 9.19. The lowest BCUT2D eigenvalue weighted by atomic mass is 9.85. The van der Waals surface area contributed by atoms with Crippen molar-refractivity contribution < 1.29 is 9.59 Å². The number of carbonyl (C=O) groups is 2. The van der Waals surface area contributed by atoms with Crippen molar-refractivity contribution in [3.05, 3.63) is 69.7 Å². The molecule has 0 saturated heterocycles. The van der Waals surface area contributed by atoms with E-state index in [-0.39, 0.29) is 30.3 Å². The van der Waals surface area contributed by atoms with Crippen molar-refractivity contribution in [2.24, 2.45) is 5.92 Å². The molecule has 1 fully saturated rings. The van der Waals surface area contributed by atoms with Gasteiger partial charge in [0.2, 0.25) is 11.8 Å². The summed E-state index contributed by atoms with van der Waals surface area (Å²) in [7, 11) is 0. The van der Waals surface area contributed by atoms with E-state index in [1.807, 2.05) is 18.2 Å². The van der Waals surface area contributed by atoms with E-state index in [9.17, 15) is 9.59 Å². The maximum atomic E-state index is 13.6. The maximum absolute atomic E-state index is 13.6. The van der Waals surface area contributed by atoms with Crippen LogP contribution in [0.25, 0.3) is 0 Å². The minimum absolute atomic E-state index is 0.0784. The molecular formula is C24H27Cl3N2O2. The number of hydrogen-bond donors (Lipinski definition) is 1. The normalized spacial score (nSPS) is 19.5. The van der Waals surface area contributed by atoms with E-state index in [4.69, 9.17) is 34.8 Å². The van der Waals surface area contributed by atoms with E-state index < -0.39 is 6.04 Å². The molecule has 3 unspecified atom stereocenters. The fourth-order valence-electron chi connectivity index (χ4n) is 4.13. The van der Waals surface area contributed by atoms with Crippen LogP contribution in [0.5, 0.6) is 0 Å². The summed E-state index contributed by atoms with van der Waals surface area (Å²) in [6.07, 6.45) is 4.27. The topological polar surface area (TPSA) is 49.4 Å². The number of nitrogens with zero attached hydrogens (tertiary/aromatic N) is 1. The Morgan fingerprint density at radius 1 is 1.06 bits per heavy atom. The number of halogens is 3. The highest BCUT2D eigenvalue weighted by atomic mass is 35.5. The highest BCUT2D eigenvalue weighted by Crippen LogP contribution is 2.31. The van der Waals surface area contributed by atoms with Crippen LogP contribution in [0.1, 0.15) is 49.8 Å². The fourth-order valence-corrected chi connectivity index (χ4v) is 4.65. The average molecular weight is 482 g/mol. The molecule has 0 spiro atoms. The quantitative estimate of drug-likeness (QED) is 0.493. The molecule has 166 valence electrons. The van der Waals surface area contributed by atoms with Gasteiger partial charge in [0.15, 0.2) is 0 Å². The molecule has 2 aromatic carbocycles. The van der Waals surface area contributed by atoms with Crippen molar-refractivity contribution >= 4 is 46.6 Å². The highest BCUT2D eigenvalue weighted by Gasteiger charge is 2.34.